The number of ether oxygens (including phenoxy) is 1. The molecule has 0 aliphatic carbocycles. The van der Waals surface area contributed by atoms with Gasteiger partial charge in [0.15, 0.2) is 0 Å². The maximum atomic E-state index is 12.4. The van der Waals surface area contributed by atoms with Crippen LogP contribution in [0, 0.1) is 0 Å². The molecule has 6 nitrogen and oxygen atoms in total. The smallest absolute Gasteiger partial charge is 0.305 e. The van der Waals surface area contributed by atoms with Gasteiger partial charge in [0.2, 0.25) is 5.91 Å². The lowest BCUT2D eigenvalue weighted by molar-refractivity contribution is -0.143. The first kappa shape index (κ1) is 65.1. The van der Waals surface area contributed by atoms with Crippen molar-refractivity contribution >= 4 is 11.9 Å². The summed E-state index contributed by atoms with van der Waals surface area (Å²) < 4.78 is 5.48. The normalized spacial score (nSPS) is 12.8. The van der Waals surface area contributed by atoms with Gasteiger partial charge in [-0.3, -0.25) is 9.59 Å². The molecule has 3 N–H and O–H groups in total. The van der Waals surface area contributed by atoms with E-state index < -0.39 is 12.1 Å². The van der Waals surface area contributed by atoms with Gasteiger partial charge in [0.05, 0.1) is 25.4 Å². The summed E-state index contributed by atoms with van der Waals surface area (Å²) in [5.74, 6) is -0.0740. The number of allylic oxidation sites excluding steroid dienone is 5. The lowest BCUT2D eigenvalue weighted by Crippen LogP contribution is -2.45. The molecular weight excluding hydrogens is 827 g/mol. The van der Waals surface area contributed by atoms with Gasteiger partial charge in [-0.05, 0) is 83.5 Å². The highest BCUT2D eigenvalue weighted by molar-refractivity contribution is 5.76. The minimum absolute atomic E-state index is 0.00176. The summed E-state index contributed by atoms with van der Waals surface area (Å²) in [6, 6.07) is -0.632. The van der Waals surface area contributed by atoms with Crippen molar-refractivity contribution in [2.75, 3.05) is 13.2 Å². The summed E-state index contributed by atoms with van der Waals surface area (Å²) in [5.41, 5.74) is 0. The second-order valence-corrected chi connectivity index (χ2v) is 20.3. The summed E-state index contributed by atoms with van der Waals surface area (Å²) in [4.78, 5) is 24.5. The van der Waals surface area contributed by atoms with E-state index in [1.807, 2.05) is 6.08 Å². The fourth-order valence-electron chi connectivity index (χ4n) is 9.03. The quantitative estimate of drug-likeness (QED) is 0.0321. The third-order valence-electron chi connectivity index (χ3n) is 13.6. The molecule has 2 unspecified atom stereocenters. The molecular formula is C61H115NO5. The van der Waals surface area contributed by atoms with E-state index in [9.17, 15) is 19.8 Å². The number of rotatable bonds is 55. The molecule has 67 heavy (non-hydrogen) atoms. The number of aliphatic hydroxyl groups is 2. The Balaban J connectivity index is 3.42. The minimum atomic E-state index is -0.848. The Morgan fingerprint density at radius 2 is 0.701 bits per heavy atom. The molecule has 0 spiro atoms. The van der Waals surface area contributed by atoms with Crippen LogP contribution in [0.5, 0.6) is 0 Å². The van der Waals surface area contributed by atoms with E-state index in [1.54, 1.807) is 6.08 Å². The summed E-state index contributed by atoms with van der Waals surface area (Å²) in [6.07, 6.45) is 70.3. The zero-order valence-corrected chi connectivity index (χ0v) is 44.9. The van der Waals surface area contributed by atoms with Crippen LogP contribution in [-0.2, 0) is 14.3 Å². The van der Waals surface area contributed by atoms with E-state index in [0.29, 0.717) is 19.4 Å². The third-order valence-corrected chi connectivity index (χ3v) is 13.6. The van der Waals surface area contributed by atoms with Gasteiger partial charge in [0.1, 0.15) is 0 Å². The van der Waals surface area contributed by atoms with Crippen molar-refractivity contribution in [3.63, 3.8) is 0 Å². The van der Waals surface area contributed by atoms with E-state index in [2.05, 4.69) is 43.5 Å². The van der Waals surface area contributed by atoms with Gasteiger partial charge in [-0.1, -0.05) is 256 Å². The molecule has 0 rings (SSSR count). The largest absolute Gasteiger partial charge is 0.466 e. The number of carbonyl (C=O) groups excluding carboxylic acids is 2. The number of esters is 1. The summed E-state index contributed by atoms with van der Waals surface area (Å²) >= 11 is 0. The third kappa shape index (κ3) is 53.3. The molecule has 6 heteroatoms. The van der Waals surface area contributed by atoms with Crippen LogP contribution in [0.15, 0.2) is 36.5 Å². The molecule has 0 aliphatic rings. The highest BCUT2D eigenvalue weighted by Gasteiger charge is 2.18. The van der Waals surface area contributed by atoms with Crippen LogP contribution in [0.25, 0.3) is 0 Å². The molecule has 0 fully saturated rings. The van der Waals surface area contributed by atoms with Crippen molar-refractivity contribution in [1.29, 1.82) is 0 Å². The number of carbonyl (C=O) groups is 2. The molecule has 1 amide bonds. The molecule has 0 aliphatic heterocycles. The predicted octanol–water partition coefficient (Wildman–Crippen LogP) is 18.4. The molecule has 0 saturated carbocycles. The second kappa shape index (κ2) is 56.7. The number of nitrogens with one attached hydrogen (secondary N) is 1. The minimum Gasteiger partial charge on any atom is -0.466 e. The lowest BCUT2D eigenvalue weighted by atomic mass is 10.0. The second-order valence-electron chi connectivity index (χ2n) is 20.3. The van der Waals surface area contributed by atoms with E-state index in [0.717, 1.165) is 51.4 Å². The topological polar surface area (TPSA) is 95.9 Å². The van der Waals surface area contributed by atoms with Crippen LogP contribution in [0.1, 0.15) is 316 Å². The van der Waals surface area contributed by atoms with Crippen LogP contribution < -0.4 is 5.32 Å². The Labute approximate surface area is 417 Å². The van der Waals surface area contributed by atoms with Gasteiger partial charge in [-0.15, -0.1) is 0 Å². The Morgan fingerprint density at radius 3 is 1.06 bits per heavy atom. The van der Waals surface area contributed by atoms with E-state index in [-0.39, 0.29) is 18.5 Å². The van der Waals surface area contributed by atoms with Crippen LogP contribution in [-0.4, -0.2) is 47.4 Å². The molecule has 0 saturated heterocycles. The Hall–Kier alpha value is -1.92. The maximum absolute atomic E-state index is 12.4. The van der Waals surface area contributed by atoms with E-state index >= 15 is 0 Å². The average Bonchev–Trinajstić information content (AvgIpc) is 3.33. The van der Waals surface area contributed by atoms with Crippen LogP contribution >= 0.6 is 0 Å². The fourth-order valence-corrected chi connectivity index (χ4v) is 9.03. The Kier molecular flexibility index (Phi) is 55.0. The molecule has 0 radical (unpaired) electrons. The van der Waals surface area contributed by atoms with Crippen LogP contribution in [0.2, 0.25) is 0 Å². The van der Waals surface area contributed by atoms with Crippen molar-refractivity contribution in [2.24, 2.45) is 0 Å². The van der Waals surface area contributed by atoms with Crippen molar-refractivity contribution in [2.45, 2.75) is 328 Å². The number of amides is 1. The van der Waals surface area contributed by atoms with Gasteiger partial charge in [0.25, 0.3) is 0 Å². The van der Waals surface area contributed by atoms with Crippen molar-refractivity contribution in [3.05, 3.63) is 36.5 Å². The zero-order chi connectivity index (χ0) is 48.6. The molecule has 0 aromatic heterocycles. The number of hydrogen-bond donors (Lipinski definition) is 3. The molecule has 0 bridgehead atoms. The lowest BCUT2D eigenvalue weighted by Gasteiger charge is -2.20. The molecule has 2 atom stereocenters. The first-order chi connectivity index (χ1) is 33.0. The van der Waals surface area contributed by atoms with E-state index in [4.69, 9.17) is 4.74 Å². The van der Waals surface area contributed by atoms with E-state index in [1.165, 1.54) is 238 Å². The fraction of sp³-hybridized carbons (Fsp3) is 0.869. The van der Waals surface area contributed by atoms with Crippen molar-refractivity contribution in [3.8, 4) is 0 Å². The molecule has 0 heterocycles. The Bertz CT molecular complexity index is 1090. The van der Waals surface area contributed by atoms with Gasteiger partial charge in [0, 0.05) is 12.8 Å². The van der Waals surface area contributed by atoms with Gasteiger partial charge in [-0.25, -0.2) is 0 Å². The molecule has 394 valence electrons. The molecule has 0 aromatic carbocycles. The van der Waals surface area contributed by atoms with Gasteiger partial charge in [-0.2, -0.15) is 0 Å². The number of hydrogen-bond acceptors (Lipinski definition) is 5. The summed E-state index contributed by atoms with van der Waals surface area (Å²) in [6.45, 7) is 4.89. The maximum Gasteiger partial charge on any atom is 0.305 e. The number of aliphatic hydroxyl groups excluding tert-OH is 2. The molecule has 0 aromatic rings. The number of unbranched alkanes of at least 4 members (excludes halogenated alkanes) is 40. The first-order valence-electron chi connectivity index (χ1n) is 29.8. The summed E-state index contributed by atoms with van der Waals surface area (Å²) in [5, 5.41) is 23.0. The van der Waals surface area contributed by atoms with Crippen molar-refractivity contribution < 1.29 is 24.5 Å². The van der Waals surface area contributed by atoms with Gasteiger partial charge < -0.3 is 20.3 Å². The standard InChI is InChI=1S/C61H115NO5/c1-3-5-7-9-11-13-15-17-18-28-31-35-39-43-47-51-55-61(66)67-56-52-48-44-40-36-32-29-26-24-22-20-19-21-23-25-27-30-34-38-42-46-50-54-60(65)62-58(57-63)59(64)53-49-45-41-37-33-16-14-12-10-8-6-4-2/h18,21,23,28,49,53,58-59,63-64H,3-17,19-20,22,24-27,29-48,50-52,54-57H2,1-2H3,(H,62,65)/b23-21-,28-18-,53-49+. The monoisotopic (exact) mass is 942 g/mol. The van der Waals surface area contributed by atoms with Crippen LogP contribution in [0.3, 0.4) is 0 Å². The van der Waals surface area contributed by atoms with Gasteiger partial charge >= 0.3 is 5.97 Å². The average molecular weight is 943 g/mol. The first-order valence-corrected chi connectivity index (χ1v) is 29.8. The van der Waals surface area contributed by atoms with Crippen LogP contribution in [0.4, 0.5) is 0 Å². The van der Waals surface area contributed by atoms with Crippen molar-refractivity contribution in [1.82, 2.24) is 5.32 Å². The highest BCUT2D eigenvalue weighted by atomic mass is 16.5. The highest BCUT2D eigenvalue weighted by Crippen LogP contribution is 2.16. The predicted molar refractivity (Wildman–Crippen MR) is 292 cm³/mol. The summed E-state index contributed by atoms with van der Waals surface area (Å²) in [7, 11) is 0. The Morgan fingerprint density at radius 1 is 0.403 bits per heavy atom. The SMILES string of the molecule is CCCCCCCCC/C=C\CCCCCCCC(=O)OCCCCCCCCCCCCC/C=C\CCCCCCCCCC(=O)NC(CO)C(O)/C=C/CCCCCCCCCCCC. The zero-order valence-electron chi connectivity index (χ0n) is 44.9.